The molecule has 2 saturated heterocycles. The third-order valence-corrected chi connectivity index (χ3v) is 13.9. The maximum atomic E-state index is 14.8. The first kappa shape index (κ1) is 51.7. The van der Waals surface area contributed by atoms with Gasteiger partial charge in [0, 0.05) is 87.8 Å². The Bertz CT molecular complexity index is 2640. The molecule has 0 saturated carbocycles. The van der Waals surface area contributed by atoms with Crippen molar-refractivity contribution in [2.45, 2.75) is 111 Å². The Hall–Kier alpha value is -6.17. The Labute approximate surface area is 411 Å². The van der Waals surface area contributed by atoms with Gasteiger partial charge in [0.1, 0.15) is 17.8 Å². The zero-order valence-electron chi connectivity index (χ0n) is 42.6. The summed E-state index contributed by atoms with van der Waals surface area (Å²) in [4.78, 5) is 86.3. The van der Waals surface area contributed by atoms with Crippen molar-refractivity contribution in [2.75, 3.05) is 54.5 Å². The van der Waals surface area contributed by atoms with Crippen molar-refractivity contribution in [3.63, 3.8) is 0 Å². The molecule has 3 aliphatic heterocycles. The smallest absolute Gasteiger partial charge is 0.326 e. The van der Waals surface area contributed by atoms with Crippen molar-refractivity contribution in [1.82, 2.24) is 40.0 Å². The molecule has 3 aliphatic rings. The molecule has 2 aromatic carbocycles. The summed E-state index contributed by atoms with van der Waals surface area (Å²) in [7, 11) is 7.32. The number of hydrogen-bond acceptors (Lipinski definition) is 11. The molecule has 5 atom stereocenters. The number of likely N-dealkylation sites (tertiary alicyclic amines) is 1. The summed E-state index contributed by atoms with van der Waals surface area (Å²) < 4.78 is 8.22. The number of aromatic hydroxyl groups is 1. The number of nitrogens with one attached hydrogen (secondary N) is 2. The lowest BCUT2D eigenvalue weighted by Gasteiger charge is -2.35. The van der Waals surface area contributed by atoms with Gasteiger partial charge in [0.15, 0.2) is 6.61 Å². The van der Waals surface area contributed by atoms with Gasteiger partial charge in [-0.1, -0.05) is 46.4 Å². The first-order valence-corrected chi connectivity index (χ1v) is 24.5. The van der Waals surface area contributed by atoms with E-state index < -0.39 is 41.4 Å². The SMILES string of the molecule is C=CC(=O)N1CC[C@H](C(=O)N(C)[C@H](C(=O)N[C@H]2Cc3cc(O)cc(c3)-c3ccc4c(c3)c(c(-c3cc(CN(C)C)cnc3[C@H](C)OC)n4CC)CC(C)(C)CO[N+](=O)[C@@H]3CCCN(N3)C2=O)C(C)C)C1. The molecule has 2 aromatic heterocycles. The molecule has 0 radical (unpaired) electrons. The highest BCUT2D eigenvalue weighted by Crippen LogP contribution is 2.43. The fourth-order valence-corrected chi connectivity index (χ4v) is 10.4. The monoisotopic (exact) mass is 963 g/mol. The van der Waals surface area contributed by atoms with Gasteiger partial charge < -0.3 is 34.4 Å². The topological polar surface area (TPSA) is 182 Å². The number of carbonyl (C=O) groups excluding carboxylic acids is 4. The van der Waals surface area contributed by atoms with Crippen molar-refractivity contribution < 1.29 is 38.8 Å². The molecule has 17 heteroatoms. The number of hydrogen-bond donors (Lipinski definition) is 3. The zero-order chi connectivity index (χ0) is 50.8. The van der Waals surface area contributed by atoms with Crippen molar-refractivity contribution in [3.05, 3.63) is 88.6 Å². The number of phenolic OH excluding ortho intramolecular Hbond substituents is 1. The standard InChI is InChI=1S/C53H71N9O8/c1-12-46(64)59-20-18-37(30-59)51(66)58(10)48(32(3)4)50(65)55-43-24-34-21-38(25-39(63)22-34)36-16-17-44-40(26-36)42(27-53(6,7)31-70-62(68)45-15-14-19-61(56-45)52(43)67)49(60(44)13-2)41-23-35(29-57(8)9)28-54-47(41)33(5)69-11/h12,16-17,21-23,25-26,28,32-33,37,43,45,48,56H,1,13-15,18-20,24,27,29-31H2,2-11H3,(H-,55,63,65)/p+1/t33-,37-,43-,45+,48-/m0/s1. The predicted octanol–water partition coefficient (Wildman–Crippen LogP) is 6.16. The number of methoxy groups -OCH3 is 1. The number of benzene rings is 2. The quantitative estimate of drug-likeness (QED) is 0.139. The third kappa shape index (κ3) is 11.1. The minimum atomic E-state index is -1.18. The molecule has 0 aliphatic carbocycles. The van der Waals surface area contributed by atoms with Gasteiger partial charge in [-0.05, 0) is 117 Å². The van der Waals surface area contributed by atoms with E-state index in [0.717, 1.165) is 44.5 Å². The molecule has 0 spiro atoms. The van der Waals surface area contributed by atoms with Crippen LogP contribution in [0.25, 0.3) is 33.3 Å². The number of hydrazine groups is 1. The first-order valence-electron chi connectivity index (χ1n) is 24.5. The molecule has 17 nitrogen and oxygen atoms in total. The molecular formula is C53H72N9O8+. The molecule has 70 heavy (non-hydrogen) atoms. The zero-order valence-corrected chi connectivity index (χ0v) is 42.6. The van der Waals surface area contributed by atoms with E-state index in [-0.39, 0.29) is 55.7 Å². The molecular weight excluding hydrogens is 891 g/mol. The average Bonchev–Trinajstić information content (AvgIpc) is 3.94. The summed E-state index contributed by atoms with van der Waals surface area (Å²) in [6.45, 7) is 17.8. The van der Waals surface area contributed by atoms with Crippen LogP contribution in [0.2, 0.25) is 0 Å². The highest BCUT2D eigenvalue weighted by atomic mass is 16.8. The summed E-state index contributed by atoms with van der Waals surface area (Å²) >= 11 is 0. The van der Waals surface area contributed by atoms with Crippen LogP contribution in [-0.2, 0) is 54.7 Å². The largest absolute Gasteiger partial charge is 0.508 e. The number of fused-ring (bicyclic) bond motifs is 6. The van der Waals surface area contributed by atoms with E-state index >= 15 is 0 Å². The number of carbonyl (C=O) groups is 4. The van der Waals surface area contributed by atoms with Crippen LogP contribution >= 0.6 is 0 Å². The third-order valence-electron chi connectivity index (χ3n) is 13.9. The summed E-state index contributed by atoms with van der Waals surface area (Å²) in [6.07, 6.45) is 3.74. The number of phenols is 1. The molecule has 4 amide bonds. The summed E-state index contributed by atoms with van der Waals surface area (Å²) in [6, 6.07) is 11.5. The minimum absolute atomic E-state index is 0.0177. The van der Waals surface area contributed by atoms with E-state index in [1.807, 2.05) is 53.2 Å². The fraction of sp³-hybridized carbons (Fsp3) is 0.528. The lowest BCUT2D eigenvalue weighted by atomic mass is 9.84. The highest BCUT2D eigenvalue weighted by Gasteiger charge is 2.42. The highest BCUT2D eigenvalue weighted by molar-refractivity contribution is 5.96. The average molecular weight is 963 g/mol. The minimum Gasteiger partial charge on any atom is -0.508 e. The van der Waals surface area contributed by atoms with Crippen molar-refractivity contribution in [3.8, 4) is 28.1 Å². The number of ether oxygens (including phenoxy) is 1. The van der Waals surface area contributed by atoms with E-state index in [9.17, 15) is 29.2 Å². The summed E-state index contributed by atoms with van der Waals surface area (Å²) in [5.74, 6) is -2.43. The van der Waals surface area contributed by atoms with Gasteiger partial charge in [-0.25, -0.2) is 4.84 Å². The van der Waals surface area contributed by atoms with Gasteiger partial charge in [0.05, 0.1) is 28.3 Å². The molecule has 2 fully saturated rings. The van der Waals surface area contributed by atoms with Gasteiger partial charge in [-0.2, -0.15) is 5.43 Å². The molecule has 5 heterocycles. The van der Waals surface area contributed by atoms with Crippen LogP contribution in [0.1, 0.15) is 89.3 Å². The second-order valence-electron chi connectivity index (χ2n) is 20.6. The Morgan fingerprint density at radius 3 is 2.53 bits per heavy atom. The Morgan fingerprint density at radius 1 is 1.09 bits per heavy atom. The molecule has 3 N–H and O–H groups in total. The van der Waals surface area contributed by atoms with Gasteiger partial charge in [0.25, 0.3) is 5.91 Å². The Kier molecular flexibility index (Phi) is 15.8. The molecule has 4 aromatic rings. The Morgan fingerprint density at radius 2 is 1.84 bits per heavy atom. The normalized spacial score (nSPS) is 20.5. The van der Waals surface area contributed by atoms with Crippen molar-refractivity contribution >= 4 is 34.5 Å². The summed E-state index contributed by atoms with van der Waals surface area (Å²) in [5, 5.41) is 16.8. The van der Waals surface area contributed by atoms with Gasteiger partial charge >= 0.3 is 6.17 Å². The lowest BCUT2D eigenvalue weighted by molar-refractivity contribution is -0.835. The molecule has 6 bridgehead atoms. The number of rotatable bonds is 12. The second-order valence-corrected chi connectivity index (χ2v) is 20.6. The van der Waals surface area contributed by atoms with E-state index in [4.69, 9.17) is 14.6 Å². The van der Waals surface area contributed by atoms with Crippen LogP contribution in [0.5, 0.6) is 5.75 Å². The lowest BCUT2D eigenvalue weighted by Crippen LogP contribution is -2.62. The Balaban J connectivity index is 1.33. The maximum Gasteiger partial charge on any atom is 0.326 e. The van der Waals surface area contributed by atoms with Gasteiger partial charge in [0.2, 0.25) is 22.6 Å². The van der Waals surface area contributed by atoms with E-state index in [1.165, 1.54) is 16.0 Å². The van der Waals surface area contributed by atoms with Crippen LogP contribution in [0.3, 0.4) is 0 Å². The van der Waals surface area contributed by atoms with Crippen LogP contribution in [0.15, 0.2) is 61.3 Å². The maximum absolute atomic E-state index is 14.8. The van der Waals surface area contributed by atoms with Crippen LogP contribution in [0.4, 0.5) is 0 Å². The number of pyridine rings is 1. The number of amides is 4. The molecule has 0 unspecified atom stereocenters. The van der Waals surface area contributed by atoms with E-state index in [0.29, 0.717) is 61.4 Å². The number of aromatic nitrogens is 2. The predicted molar refractivity (Wildman–Crippen MR) is 268 cm³/mol. The van der Waals surface area contributed by atoms with Crippen LogP contribution < -0.4 is 10.7 Å². The van der Waals surface area contributed by atoms with Gasteiger partial charge in [-0.3, -0.25) is 29.2 Å². The van der Waals surface area contributed by atoms with E-state index in [2.05, 4.69) is 65.8 Å². The second kappa shape index (κ2) is 21.4. The molecule has 376 valence electrons. The number of likely N-dealkylation sites (N-methyl/N-ethyl adjacent to an activating group) is 1. The van der Waals surface area contributed by atoms with Crippen LogP contribution in [-0.4, -0.2) is 136 Å². The molecule has 7 rings (SSSR count). The number of nitrogens with zero attached hydrogens (tertiary/aromatic N) is 7. The first-order chi connectivity index (χ1) is 33.2. The van der Waals surface area contributed by atoms with Crippen molar-refractivity contribution in [1.29, 1.82) is 0 Å². The van der Waals surface area contributed by atoms with Crippen molar-refractivity contribution in [2.24, 2.45) is 17.3 Å². The fourth-order valence-electron chi connectivity index (χ4n) is 10.4. The van der Waals surface area contributed by atoms with Crippen LogP contribution in [0, 0.1) is 22.2 Å². The van der Waals surface area contributed by atoms with Gasteiger partial charge in [-0.15, -0.1) is 0 Å². The summed E-state index contributed by atoms with van der Waals surface area (Å²) in [5.41, 5.74) is 10.5. The van der Waals surface area contributed by atoms with E-state index in [1.54, 1.807) is 31.2 Å². The number of aryl methyl sites for hydroxylation is 1.